The van der Waals surface area contributed by atoms with Gasteiger partial charge in [-0.05, 0) is 31.6 Å². The first-order chi connectivity index (χ1) is 6.25. The van der Waals surface area contributed by atoms with Crippen LogP contribution in [0.2, 0.25) is 0 Å². The molecular formula is C11H21NS. The van der Waals surface area contributed by atoms with Crippen molar-refractivity contribution in [2.75, 3.05) is 5.75 Å². The third kappa shape index (κ3) is 2.41. The van der Waals surface area contributed by atoms with Crippen molar-refractivity contribution in [1.29, 1.82) is 0 Å². The molecule has 2 fully saturated rings. The highest BCUT2D eigenvalue weighted by molar-refractivity contribution is 8.00. The Bertz CT molecular complexity index is 171. The standard InChI is InChI=1S/C11H21NS/c1-8-4-3-5-10(6-8)11-12-9(2)7-13-11/h8-12H,3-7H2,1-2H3. The topological polar surface area (TPSA) is 12.0 Å². The summed E-state index contributed by atoms with van der Waals surface area (Å²) >= 11 is 2.15. The molecule has 0 aromatic carbocycles. The van der Waals surface area contributed by atoms with Crippen molar-refractivity contribution in [2.24, 2.45) is 11.8 Å². The van der Waals surface area contributed by atoms with E-state index in [2.05, 4.69) is 30.9 Å². The highest BCUT2D eigenvalue weighted by atomic mass is 32.2. The molecule has 0 radical (unpaired) electrons. The maximum atomic E-state index is 3.71. The van der Waals surface area contributed by atoms with Crippen molar-refractivity contribution in [3.8, 4) is 0 Å². The van der Waals surface area contributed by atoms with Crippen molar-refractivity contribution < 1.29 is 0 Å². The molecular weight excluding hydrogens is 178 g/mol. The van der Waals surface area contributed by atoms with Crippen molar-refractivity contribution in [1.82, 2.24) is 5.32 Å². The lowest BCUT2D eigenvalue weighted by atomic mass is 9.82. The van der Waals surface area contributed by atoms with Crippen molar-refractivity contribution >= 4 is 11.8 Å². The van der Waals surface area contributed by atoms with Gasteiger partial charge in [0, 0.05) is 11.8 Å². The Balaban J connectivity index is 1.85. The minimum Gasteiger partial charge on any atom is -0.302 e. The van der Waals surface area contributed by atoms with Gasteiger partial charge in [0.25, 0.3) is 0 Å². The summed E-state index contributed by atoms with van der Waals surface area (Å²) in [5.74, 6) is 3.24. The molecule has 0 aromatic rings. The van der Waals surface area contributed by atoms with Crippen LogP contribution < -0.4 is 5.32 Å². The smallest absolute Gasteiger partial charge is 0.0563 e. The lowest BCUT2D eigenvalue weighted by Crippen LogP contribution is -2.35. The maximum Gasteiger partial charge on any atom is 0.0563 e. The normalized spacial score (nSPS) is 46.6. The predicted molar refractivity (Wildman–Crippen MR) is 60.0 cm³/mol. The molecule has 1 nitrogen and oxygen atoms in total. The van der Waals surface area contributed by atoms with E-state index in [1.807, 2.05) is 0 Å². The van der Waals surface area contributed by atoms with Crippen LogP contribution in [0.1, 0.15) is 39.5 Å². The van der Waals surface area contributed by atoms with E-state index >= 15 is 0 Å². The fraction of sp³-hybridized carbons (Fsp3) is 1.00. The molecule has 76 valence electrons. The summed E-state index contributed by atoms with van der Waals surface area (Å²) in [5, 5.41) is 4.48. The van der Waals surface area contributed by atoms with Crippen LogP contribution in [0.15, 0.2) is 0 Å². The first-order valence-electron chi connectivity index (χ1n) is 5.63. The van der Waals surface area contributed by atoms with Crippen LogP contribution in [0, 0.1) is 11.8 Å². The molecule has 4 unspecified atom stereocenters. The first kappa shape index (κ1) is 9.85. The molecule has 1 N–H and O–H groups in total. The minimum atomic E-state index is 0.743. The Labute approximate surface area is 86.0 Å². The van der Waals surface area contributed by atoms with E-state index in [-0.39, 0.29) is 0 Å². The second-order valence-corrected chi connectivity index (χ2v) is 6.03. The summed E-state index contributed by atoms with van der Waals surface area (Å²) < 4.78 is 0. The van der Waals surface area contributed by atoms with Crippen LogP contribution in [0.5, 0.6) is 0 Å². The average Bonchev–Trinajstić information content (AvgIpc) is 2.52. The summed E-state index contributed by atoms with van der Waals surface area (Å²) in [4.78, 5) is 0. The van der Waals surface area contributed by atoms with Gasteiger partial charge >= 0.3 is 0 Å². The van der Waals surface area contributed by atoms with Crippen LogP contribution in [0.3, 0.4) is 0 Å². The van der Waals surface area contributed by atoms with E-state index in [1.54, 1.807) is 0 Å². The number of hydrogen-bond donors (Lipinski definition) is 1. The molecule has 1 saturated heterocycles. The Hall–Kier alpha value is 0.310. The van der Waals surface area contributed by atoms with Crippen LogP contribution in [-0.2, 0) is 0 Å². The average molecular weight is 199 g/mol. The number of nitrogens with one attached hydrogen (secondary N) is 1. The van der Waals surface area contributed by atoms with Gasteiger partial charge in [-0.15, -0.1) is 11.8 Å². The third-order valence-electron chi connectivity index (χ3n) is 3.38. The van der Waals surface area contributed by atoms with E-state index in [0.29, 0.717) is 0 Å². The van der Waals surface area contributed by atoms with Gasteiger partial charge in [0.05, 0.1) is 5.37 Å². The van der Waals surface area contributed by atoms with Gasteiger partial charge in [0.2, 0.25) is 0 Å². The van der Waals surface area contributed by atoms with Gasteiger partial charge in [-0.1, -0.05) is 19.8 Å². The summed E-state index contributed by atoms with van der Waals surface area (Å²) in [5.41, 5.74) is 0. The van der Waals surface area contributed by atoms with Crippen LogP contribution in [0.25, 0.3) is 0 Å². The minimum absolute atomic E-state index is 0.743. The molecule has 1 aliphatic heterocycles. The summed E-state index contributed by atoms with van der Waals surface area (Å²) in [6.07, 6.45) is 5.83. The lowest BCUT2D eigenvalue weighted by molar-refractivity contribution is 0.261. The van der Waals surface area contributed by atoms with Gasteiger partial charge in [-0.25, -0.2) is 0 Å². The zero-order chi connectivity index (χ0) is 9.26. The van der Waals surface area contributed by atoms with E-state index in [4.69, 9.17) is 0 Å². The molecule has 2 heteroatoms. The van der Waals surface area contributed by atoms with Gasteiger partial charge in [-0.2, -0.15) is 0 Å². The second kappa shape index (κ2) is 4.22. The van der Waals surface area contributed by atoms with Crippen molar-refractivity contribution in [3.05, 3.63) is 0 Å². The Morgan fingerprint density at radius 1 is 1.23 bits per heavy atom. The van der Waals surface area contributed by atoms with E-state index in [1.165, 1.54) is 31.4 Å². The number of rotatable bonds is 1. The second-order valence-electron chi connectivity index (χ2n) is 4.85. The van der Waals surface area contributed by atoms with Crippen molar-refractivity contribution in [3.63, 3.8) is 0 Å². The quantitative estimate of drug-likeness (QED) is 0.697. The fourth-order valence-corrected chi connectivity index (χ4v) is 4.09. The predicted octanol–water partition coefficient (Wildman–Crippen LogP) is 2.86. The molecule has 0 spiro atoms. The van der Waals surface area contributed by atoms with E-state index < -0.39 is 0 Å². The molecule has 4 atom stereocenters. The fourth-order valence-electron chi connectivity index (χ4n) is 2.65. The molecule has 1 saturated carbocycles. The molecule has 2 rings (SSSR count). The molecule has 0 amide bonds. The Kier molecular flexibility index (Phi) is 3.20. The monoisotopic (exact) mass is 199 g/mol. The number of thioether (sulfide) groups is 1. The molecule has 2 aliphatic rings. The molecule has 0 bridgehead atoms. The lowest BCUT2D eigenvalue weighted by Gasteiger charge is -2.30. The van der Waals surface area contributed by atoms with Gasteiger partial charge in [0.1, 0.15) is 0 Å². The molecule has 13 heavy (non-hydrogen) atoms. The van der Waals surface area contributed by atoms with E-state index in [0.717, 1.165) is 23.3 Å². The van der Waals surface area contributed by atoms with Gasteiger partial charge in [-0.3, -0.25) is 0 Å². The maximum absolute atomic E-state index is 3.71. The third-order valence-corrected chi connectivity index (χ3v) is 4.95. The largest absolute Gasteiger partial charge is 0.302 e. The van der Waals surface area contributed by atoms with Crippen LogP contribution in [-0.4, -0.2) is 17.2 Å². The van der Waals surface area contributed by atoms with Crippen molar-refractivity contribution in [2.45, 2.75) is 50.9 Å². The van der Waals surface area contributed by atoms with Gasteiger partial charge in [0.15, 0.2) is 0 Å². The van der Waals surface area contributed by atoms with Gasteiger partial charge < -0.3 is 5.32 Å². The zero-order valence-electron chi connectivity index (χ0n) is 8.75. The molecule has 0 aromatic heterocycles. The first-order valence-corrected chi connectivity index (χ1v) is 6.68. The summed E-state index contributed by atoms with van der Waals surface area (Å²) in [7, 11) is 0. The van der Waals surface area contributed by atoms with Crippen LogP contribution >= 0.6 is 11.8 Å². The highest BCUT2D eigenvalue weighted by Crippen LogP contribution is 2.36. The SMILES string of the molecule is CC1CCCC(C2NC(C)CS2)C1. The zero-order valence-corrected chi connectivity index (χ0v) is 9.57. The molecule has 1 aliphatic carbocycles. The molecule has 1 heterocycles. The summed E-state index contributed by atoms with van der Waals surface area (Å²) in [6, 6.07) is 0.743. The van der Waals surface area contributed by atoms with E-state index in [9.17, 15) is 0 Å². The highest BCUT2D eigenvalue weighted by Gasteiger charge is 2.31. The van der Waals surface area contributed by atoms with Crippen LogP contribution in [0.4, 0.5) is 0 Å². The Morgan fingerprint density at radius 3 is 2.69 bits per heavy atom. The Morgan fingerprint density at radius 2 is 2.08 bits per heavy atom. The number of hydrogen-bond acceptors (Lipinski definition) is 2. The summed E-state index contributed by atoms with van der Waals surface area (Å²) in [6.45, 7) is 4.72.